The van der Waals surface area contributed by atoms with Crippen LogP contribution in [0.3, 0.4) is 0 Å². The van der Waals surface area contributed by atoms with Crippen LogP contribution in [0.4, 0.5) is 5.82 Å². The van der Waals surface area contributed by atoms with Crippen molar-refractivity contribution in [1.29, 1.82) is 0 Å². The van der Waals surface area contributed by atoms with Crippen molar-refractivity contribution in [3.05, 3.63) is 17.6 Å². The fraction of sp³-hybridized carbons (Fsp3) is 0.714. The first kappa shape index (κ1) is 21.4. The van der Waals surface area contributed by atoms with Crippen LogP contribution in [0, 0.1) is 0 Å². The largest absolute Gasteiger partial charge is 0.369 e. The smallest absolute Gasteiger partial charge is 0.215 e. The average Bonchev–Trinajstić information content (AvgIpc) is 2.94. The summed E-state index contributed by atoms with van der Waals surface area (Å²) in [6.07, 6.45) is 5.26. The van der Waals surface area contributed by atoms with Crippen LogP contribution in [0.5, 0.6) is 0 Å². The molecular formula is C14H25Cl2N5O2S. The van der Waals surface area contributed by atoms with E-state index in [1.165, 1.54) is 0 Å². The normalized spacial score (nSPS) is 18.0. The predicted octanol–water partition coefficient (Wildman–Crippen LogP) is 0.846. The fourth-order valence-corrected chi connectivity index (χ4v) is 4.45. The number of fused-ring (bicyclic) bond motifs is 1. The molecule has 0 amide bonds. The molecule has 2 aliphatic rings. The second-order valence-corrected chi connectivity index (χ2v) is 7.83. The minimum atomic E-state index is -3.14. The lowest BCUT2D eigenvalue weighted by molar-refractivity contribution is 0.478. The van der Waals surface area contributed by atoms with Gasteiger partial charge in [-0.25, -0.2) is 22.7 Å². The lowest BCUT2D eigenvalue weighted by Crippen LogP contribution is -2.32. The molecule has 1 aromatic heterocycles. The Morgan fingerprint density at radius 2 is 1.83 bits per heavy atom. The minimum Gasteiger partial charge on any atom is -0.369 e. The van der Waals surface area contributed by atoms with Gasteiger partial charge in [0.05, 0.1) is 11.4 Å². The SMILES string of the molecule is Cl.Cl.O=S(=O)(CCNc1ncnc2c1CCNCC2)N1CCCC1. The van der Waals surface area contributed by atoms with Gasteiger partial charge in [-0.2, -0.15) is 0 Å². The third-order valence-electron chi connectivity index (χ3n) is 4.24. The molecule has 2 aliphatic heterocycles. The Morgan fingerprint density at radius 3 is 2.58 bits per heavy atom. The number of hydrogen-bond donors (Lipinski definition) is 2. The Bertz CT molecular complexity index is 624. The Balaban J connectivity index is 0.00000144. The molecule has 10 heteroatoms. The van der Waals surface area contributed by atoms with Crippen molar-refractivity contribution in [3.8, 4) is 0 Å². The molecule has 0 aromatic carbocycles. The summed E-state index contributed by atoms with van der Waals surface area (Å²) in [5.74, 6) is 0.898. The van der Waals surface area contributed by atoms with Gasteiger partial charge in [0.2, 0.25) is 10.0 Å². The van der Waals surface area contributed by atoms with Crippen LogP contribution in [-0.2, 0) is 22.9 Å². The fourth-order valence-electron chi connectivity index (χ4n) is 3.02. The number of nitrogens with zero attached hydrogens (tertiary/aromatic N) is 3. The van der Waals surface area contributed by atoms with E-state index in [1.807, 2.05) is 0 Å². The van der Waals surface area contributed by atoms with Crippen LogP contribution in [0.25, 0.3) is 0 Å². The number of rotatable bonds is 5. The van der Waals surface area contributed by atoms with Gasteiger partial charge in [0, 0.05) is 38.2 Å². The van der Waals surface area contributed by atoms with Crippen LogP contribution in [0.2, 0.25) is 0 Å². The molecule has 0 saturated carbocycles. The molecule has 2 N–H and O–H groups in total. The number of hydrogen-bond acceptors (Lipinski definition) is 6. The van der Waals surface area contributed by atoms with E-state index < -0.39 is 10.0 Å². The summed E-state index contributed by atoms with van der Waals surface area (Å²) in [7, 11) is -3.14. The topological polar surface area (TPSA) is 87.2 Å². The van der Waals surface area contributed by atoms with Crippen LogP contribution in [0.1, 0.15) is 24.1 Å². The number of aromatic nitrogens is 2. The third kappa shape index (κ3) is 5.16. The van der Waals surface area contributed by atoms with E-state index in [2.05, 4.69) is 20.6 Å². The van der Waals surface area contributed by atoms with Crippen LogP contribution < -0.4 is 10.6 Å². The molecule has 0 aliphatic carbocycles. The lowest BCUT2D eigenvalue weighted by atomic mass is 10.1. The Labute approximate surface area is 155 Å². The molecule has 24 heavy (non-hydrogen) atoms. The van der Waals surface area contributed by atoms with E-state index in [0.717, 1.165) is 55.8 Å². The molecule has 1 aromatic rings. The maximum absolute atomic E-state index is 12.2. The molecule has 3 rings (SSSR count). The van der Waals surface area contributed by atoms with E-state index in [1.54, 1.807) is 10.6 Å². The van der Waals surface area contributed by atoms with E-state index in [0.29, 0.717) is 19.6 Å². The number of halogens is 2. The van der Waals surface area contributed by atoms with Gasteiger partial charge in [-0.3, -0.25) is 0 Å². The molecule has 1 fully saturated rings. The van der Waals surface area contributed by atoms with Gasteiger partial charge in [-0.1, -0.05) is 0 Å². The van der Waals surface area contributed by atoms with Crippen LogP contribution in [-0.4, -0.2) is 61.2 Å². The van der Waals surface area contributed by atoms with Crippen molar-refractivity contribution in [2.24, 2.45) is 0 Å². The van der Waals surface area contributed by atoms with E-state index >= 15 is 0 Å². The zero-order chi connectivity index (χ0) is 15.4. The molecule has 0 radical (unpaired) electrons. The molecule has 0 spiro atoms. The summed E-state index contributed by atoms with van der Waals surface area (Å²) < 4.78 is 26.0. The summed E-state index contributed by atoms with van der Waals surface area (Å²) in [4.78, 5) is 8.63. The van der Waals surface area contributed by atoms with Gasteiger partial charge < -0.3 is 10.6 Å². The summed E-state index contributed by atoms with van der Waals surface area (Å²) in [6.45, 7) is 3.54. The highest BCUT2D eigenvalue weighted by Gasteiger charge is 2.24. The maximum atomic E-state index is 12.2. The molecule has 0 atom stereocenters. The molecule has 7 nitrogen and oxygen atoms in total. The Morgan fingerprint density at radius 1 is 1.12 bits per heavy atom. The molecule has 138 valence electrons. The highest BCUT2D eigenvalue weighted by molar-refractivity contribution is 7.89. The van der Waals surface area contributed by atoms with Crippen molar-refractivity contribution < 1.29 is 8.42 Å². The minimum absolute atomic E-state index is 0. The predicted molar refractivity (Wildman–Crippen MR) is 99.9 cm³/mol. The first-order valence-corrected chi connectivity index (χ1v) is 9.53. The standard InChI is InChI=1S/C14H23N5O2S.2ClH/c20-22(21,19-8-1-2-9-19)10-7-16-14-12-3-5-15-6-4-13(12)17-11-18-14;;/h11,15H,1-10H2,(H,16,17,18);2*1H. The highest BCUT2D eigenvalue weighted by atomic mass is 35.5. The molecule has 3 heterocycles. The van der Waals surface area contributed by atoms with Crippen molar-refractivity contribution in [3.63, 3.8) is 0 Å². The average molecular weight is 398 g/mol. The first-order chi connectivity index (χ1) is 10.7. The number of anilines is 1. The Kier molecular flexibility index (Phi) is 8.66. The number of sulfonamides is 1. The van der Waals surface area contributed by atoms with Crippen LogP contribution in [0.15, 0.2) is 6.33 Å². The second kappa shape index (κ2) is 9.72. The first-order valence-electron chi connectivity index (χ1n) is 7.92. The van der Waals surface area contributed by atoms with Gasteiger partial charge in [0.25, 0.3) is 0 Å². The zero-order valence-electron chi connectivity index (χ0n) is 13.5. The number of nitrogens with one attached hydrogen (secondary N) is 2. The third-order valence-corrected chi connectivity index (χ3v) is 6.11. The summed E-state index contributed by atoms with van der Waals surface area (Å²) in [6, 6.07) is 0. The van der Waals surface area contributed by atoms with E-state index in [4.69, 9.17) is 0 Å². The molecule has 1 saturated heterocycles. The summed E-state index contributed by atoms with van der Waals surface area (Å²) in [5.41, 5.74) is 2.18. The van der Waals surface area contributed by atoms with Gasteiger partial charge >= 0.3 is 0 Å². The van der Waals surface area contributed by atoms with Crippen molar-refractivity contribution in [2.75, 3.05) is 43.8 Å². The second-order valence-electron chi connectivity index (χ2n) is 5.75. The van der Waals surface area contributed by atoms with Crippen molar-refractivity contribution in [1.82, 2.24) is 19.6 Å². The monoisotopic (exact) mass is 397 g/mol. The highest BCUT2D eigenvalue weighted by Crippen LogP contribution is 2.18. The van der Waals surface area contributed by atoms with Gasteiger partial charge in [-0.15, -0.1) is 24.8 Å². The van der Waals surface area contributed by atoms with Gasteiger partial charge in [0.1, 0.15) is 12.1 Å². The molecule has 0 bridgehead atoms. The molecular weight excluding hydrogens is 373 g/mol. The lowest BCUT2D eigenvalue weighted by Gasteiger charge is -2.16. The summed E-state index contributed by atoms with van der Waals surface area (Å²) in [5, 5.41) is 6.54. The van der Waals surface area contributed by atoms with Crippen LogP contribution >= 0.6 is 24.8 Å². The van der Waals surface area contributed by atoms with E-state index in [9.17, 15) is 8.42 Å². The molecule has 0 unspecified atom stereocenters. The van der Waals surface area contributed by atoms with E-state index in [-0.39, 0.29) is 30.6 Å². The quantitative estimate of drug-likeness (QED) is 0.765. The van der Waals surface area contributed by atoms with Crippen molar-refractivity contribution >= 4 is 40.7 Å². The van der Waals surface area contributed by atoms with Gasteiger partial charge in [0.15, 0.2) is 0 Å². The van der Waals surface area contributed by atoms with Crippen molar-refractivity contribution in [2.45, 2.75) is 25.7 Å². The summed E-state index contributed by atoms with van der Waals surface area (Å²) >= 11 is 0. The maximum Gasteiger partial charge on any atom is 0.215 e. The zero-order valence-corrected chi connectivity index (χ0v) is 16.0. The van der Waals surface area contributed by atoms with Gasteiger partial charge in [-0.05, 0) is 25.8 Å². The Hall–Kier alpha value is -0.670.